The van der Waals surface area contributed by atoms with Crippen LogP contribution < -0.4 is 4.74 Å². The van der Waals surface area contributed by atoms with Crippen LogP contribution in [0.25, 0.3) is 0 Å². The second-order valence-corrected chi connectivity index (χ2v) is 5.59. The van der Waals surface area contributed by atoms with E-state index in [-0.39, 0.29) is 5.56 Å². The lowest BCUT2D eigenvalue weighted by Crippen LogP contribution is -2.14. The molecule has 126 valence electrons. The fourth-order valence-electron chi connectivity index (χ4n) is 2.44. The Hall–Kier alpha value is -3.64. The third-order valence-electron chi connectivity index (χ3n) is 3.77. The summed E-state index contributed by atoms with van der Waals surface area (Å²) < 4.78 is 5.25. The van der Waals surface area contributed by atoms with Gasteiger partial charge < -0.3 is 4.74 Å². The maximum Gasteiger partial charge on any atom is 0.233 e. The van der Waals surface area contributed by atoms with Gasteiger partial charge in [-0.05, 0) is 30.3 Å². The number of ether oxygens (including phenoxy) is 1. The minimum absolute atomic E-state index is 0.260. The molecule has 0 bridgehead atoms. The van der Waals surface area contributed by atoms with Gasteiger partial charge in [0.2, 0.25) is 11.6 Å². The van der Waals surface area contributed by atoms with Crippen LogP contribution in [0.3, 0.4) is 0 Å². The van der Waals surface area contributed by atoms with Crippen LogP contribution in [0.15, 0.2) is 78.9 Å². The van der Waals surface area contributed by atoms with Crippen LogP contribution in [0.1, 0.15) is 31.8 Å². The van der Waals surface area contributed by atoms with E-state index in [1.807, 2.05) is 30.3 Å². The summed E-state index contributed by atoms with van der Waals surface area (Å²) in [7, 11) is 1.51. The largest absolute Gasteiger partial charge is 0.497 e. The lowest BCUT2D eigenvalue weighted by molar-refractivity contribution is 0.0817. The van der Waals surface area contributed by atoms with Crippen molar-refractivity contribution in [1.82, 2.24) is 0 Å². The fourth-order valence-corrected chi connectivity index (χ4v) is 2.44. The van der Waals surface area contributed by atoms with Crippen molar-refractivity contribution in [2.45, 2.75) is 0 Å². The molecule has 0 heterocycles. The first kappa shape index (κ1) is 17.2. The molecule has 0 atom stereocenters. The molecule has 26 heavy (non-hydrogen) atoms. The maximum atomic E-state index is 12.6. The highest BCUT2D eigenvalue weighted by atomic mass is 16.5. The Labute approximate surface area is 152 Å². The molecule has 3 aromatic carbocycles. The number of rotatable bonds is 4. The molecule has 0 amide bonds. The van der Waals surface area contributed by atoms with E-state index in [1.165, 1.54) is 7.11 Å². The summed E-state index contributed by atoms with van der Waals surface area (Å²) >= 11 is 0. The summed E-state index contributed by atoms with van der Waals surface area (Å²) in [5, 5.41) is 0. The van der Waals surface area contributed by atoms with Gasteiger partial charge in [0.25, 0.3) is 0 Å². The SMILES string of the molecule is COc1cc(C#Cc2ccccc2)cc(C(=O)C(=O)c2ccccc2)c1. The normalized spacial score (nSPS) is 9.73. The summed E-state index contributed by atoms with van der Waals surface area (Å²) in [6.45, 7) is 0. The summed E-state index contributed by atoms with van der Waals surface area (Å²) in [6, 6.07) is 22.9. The summed E-state index contributed by atoms with van der Waals surface area (Å²) in [5.74, 6) is 5.39. The predicted molar refractivity (Wildman–Crippen MR) is 101 cm³/mol. The van der Waals surface area contributed by atoms with Gasteiger partial charge in [0.15, 0.2) is 0 Å². The molecular formula is C23H16O3. The smallest absolute Gasteiger partial charge is 0.233 e. The van der Waals surface area contributed by atoms with Crippen LogP contribution in [0.5, 0.6) is 5.75 Å². The fraction of sp³-hybridized carbons (Fsp3) is 0.0435. The molecule has 0 aliphatic carbocycles. The summed E-state index contributed by atoms with van der Waals surface area (Å²) in [6.07, 6.45) is 0. The van der Waals surface area contributed by atoms with Crippen molar-refractivity contribution in [2.75, 3.05) is 7.11 Å². The van der Waals surface area contributed by atoms with Crippen molar-refractivity contribution in [2.24, 2.45) is 0 Å². The van der Waals surface area contributed by atoms with Crippen LogP contribution in [-0.2, 0) is 0 Å². The lowest BCUT2D eigenvalue weighted by Gasteiger charge is -2.05. The number of methoxy groups -OCH3 is 1. The van der Waals surface area contributed by atoms with Crippen molar-refractivity contribution < 1.29 is 14.3 Å². The number of hydrogen-bond acceptors (Lipinski definition) is 3. The second-order valence-electron chi connectivity index (χ2n) is 5.59. The number of hydrogen-bond donors (Lipinski definition) is 0. The molecule has 0 saturated carbocycles. The zero-order valence-corrected chi connectivity index (χ0v) is 14.2. The first-order valence-electron chi connectivity index (χ1n) is 8.07. The van der Waals surface area contributed by atoms with Crippen molar-refractivity contribution in [3.05, 3.63) is 101 Å². The van der Waals surface area contributed by atoms with Gasteiger partial charge in [-0.3, -0.25) is 9.59 Å². The number of Topliss-reactive ketones (excluding diaryl/α,β-unsaturated/α-hetero) is 2. The van der Waals surface area contributed by atoms with Crippen LogP contribution >= 0.6 is 0 Å². The zero-order valence-electron chi connectivity index (χ0n) is 14.2. The predicted octanol–water partition coefficient (Wildman–Crippen LogP) is 4.16. The standard InChI is InChI=1S/C23H16O3/c1-26-21-15-18(13-12-17-8-4-2-5-9-17)14-20(16-21)23(25)22(24)19-10-6-3-7-11-19/h2-11,14-16H,1H3. The molecule has 0 saturated heterocycles. The van der Waals surface area contributed by atoms with E-state index in [1.54, 1.807) is 48.5 Å². The van der Waals surface area contributed by atoms with E-state index in [9.17, 15) is 9.59 Å². The zero-order chi connectivity index (χ0) is 18.4. The summed E-state index contributed by atoms with van der Waals surface area (Å²) in [4.78, 5) is 25.0. The topological polar surface area (TPSA) is 43.4 Å². The highest BCUT2D eigenvalue weighted by Crippen LogP contribution is 2.18. The Morgan fingerprint density at radius 1 is 0.692 bits per heavy atom. The van der Waals surface area contributed by atoms with Gasteiger partial charge in [-0.15, -0.1) is 0 Å². The molecule has 0 aliphatic rings. The van der Waals surface area contributed by atoms with Gasteiger partial charge in [0.1, 0.15) is 5.75 Å². The van der Waals surface area contributed by atoms with Crippen molar-refractivity contribution in [3.63, 3.8) is 0 Å². The highest BCUT2D eigenvalue weighted by molar-refractivity contribution is 6.49. The first-order valence-corrected chi connectivity index (χ1v) is 8.07. The number of carbonyl (C=O) groups is 2. The van der Waals surface area contributed by atoms with Gasteiger partial charge in [-0.1, -0.05) is 60.4 Å². The van der Waals surface area contributed by atoms with E-state index in [4.69, 9.17) is 4.74 Å². The minimum Gasteiger partial charge on any atom is -0.497 e. The Morgan fingerprint density at radius 2 is 1.27 bits per heavy atom. The minimum atomic E-state index is -0.585. The molecule has 3 heteroatoms. The first-order chi connectivity index (χ1) is 12.7. The molecule has 3 aromatic rings. The van der Waals surface area contributed by atoms with E-state index >= 15 is 0 Å². The van der Waals surface area contributed by atoms with Gasteiger partial charge in [-0.2, -0.15) is 0 Å². The quantitative estimate of drug-likeness (QED) is 0.407. The Bertz CT molecular complexity index is 994. The Kier molecular flexibility index (Phi) is 5.26. The molecule has 0 radical (unpaired) electrons. The third kappa shape index (κ3) is 4.06. The van der Waals surface area contributed by atoms with Crippen molar-refractivity contribution in [3.8, 4) is 17.6 Å². The highest BCUT2D eigenvalue weighted by Gasteiger charge is 2.19. The number of ketones is 2. The molecule has 3 nitrogen and oxygen atoms in total. The van der Waals surface area contributed by atoms with E-state index in [2.05, 4.69) is 11.8 Å². The molecule has 0 spiro atoms. The van der Waals surface area contributed by atoms with Crippen LogP contribution in [0.2, 0.25) is 0 Å². The molecule has 0 N–H and O–H groups in total. The molecule has 0 aromatic heterocycles. The molecule has 3 rings (SSSR count). The molecule has 0 aliphatic heterocycles. The number of benzene rings is 3. The van der Waals surface area contributed by atoms with Gasteiger partial charge in [0, 0.05) is 22.3 Å². The van der Waals surface area contributed by atoms with Crippen LogP contribution in [0, 0.1) is 11.8 Å². The number of carbonyl (C=O) groups excluding carboxylic acids is 2. The monoisotopic (exact) mass is 340 g/mol. The average Bonchev–Trinajstić information content (AvgIpc) is 2.72. The lowest BCUT2D eigenvalue weighted by atomic mass is 9.99. The molecular weight excluding hydrogens is 324 g/mol. The Morgan fingerprint density at radius 3 is 1.92 bits per heavy atom. The van der Waals surface area contributed by atoms with Crippen molar-refractivity contribution >= 4 is 11.6 Å². The average molecular weight is 340 g/mol. The Balaban J connectivity index is 1.94. The summed E-state index contributed by atoms with van der Waals surface area (Å²) in [5.41, 5.74) is 2.09. The third-order valence-corrected chi connectivity index (χ3v) is 3.77. The van der Waals surface area contributed by atoms with E-state index in [0.717, 1.165) is 5.56 Å². The van der Waals surface area contributed by atoms with Gasteiger partial charge in [-0.25, -0.2) is 0 Å². The van der Waals surface area contributed by atoms with Crippen LogP contribution in [-0.4, -0.2) is 18.7 Å². The van der Waals surface area contributed by atoms with Gasteiger partial charge in [0.05, 0.1) is 7.11 Å². The van der Waals surface area contributed by atoms with Crippen LogP contribution in [0.4, 0.5) is 0 Å². The van der Waals surface area contributed by atoms with E-state index in [0.29, 0.717) is 16.9 Å². The molecule has 0 fully saturated rings. The van der Waals surface area contributed by atoms with E-state index < -0.39 is 11.6 Å². The van der Waals surface area contributed by atoms with Gasteiger partial charge >= 0.3 is 0 Å². The second kappa shape index (κ2) is 7.96. The maximum absolute atomic E-state index is 12.6. The molecule has 0 unspecified atom stereocenters. The van der Waals surface area contributed by atoms with Crippen molar-refractivity contribution in [1.29, 1.82) is 0 Å².